The molecule has 0 atom stereocenters. The van der Waals surface area contributed by atoms with Crippen molar-refractivity contribution in [3.63, 3.8) is 0 Å². The lowest BCUT2D eigenvalue weighted by Gasteiger charge is -2.09. The second kappa shape index (κ2) is 7.62. The smallest absolute Gasteiger partial charge is 0.272 e. The lowest BCUT2D eigenvalue weighted by Crippen LogP contribution is -2.19. The van der Waals surface area contributed by atoms with Gasteiger partial charge in [-0.3, -0.25) is 4.79 Å². The van der Waals surface area contributed by atoms with Crippen LogP contribution in [0.2, 0.25) is 0 Å². The number of carbonyl (C=O) groups excluding carboxylic acids is 1. The molecule has 0 aliphatic carbocycles. The molecule has 0 aliphatic rings. The fourth-order valence-corrected chi connectivity index (χ4v) is 2.77. The fourth-order valence-electron chi connectivity index (χ4n) is 2.77. The van der Waals surface area contributed by atoms with Gasteiger partial charge in [0.1, 0.15) is 5.75 Å². The summed E-state index contributed by atoms with van der Waals surface area (Å²) < 4.78 is 5.55. The summed E-state index contributed by atoms with van der Waals surface area (Å²) in [5.74, 6) is 0.517. The van der Waals surface area contributed by atoms with Gasteiger partial charge in [0, 0.05) is 5.56 Å². The van der Waals surface area contributed by atoms with Gasteiger partial charge in [-0.1, -0.05) is 48.5 Å². The van der Waals surface area contributed by atoms with E-state index in [2.05, 4.69) is 10.5 Å². The maximum absolute atomic E-state index is 12.6. The number of fused-ring (bicyclic) bond motifs is 1. The Labute approximate surface area is 147 Å². The molecule has 0 fully saturated rings. The highest BCUT2D eigenvalue weighted by atomic mass is 16.5. The molecule has 25 heavy (non-hydrogen) atoms. The first-order valence-electron chi connectivity index (χ1n) is 8.24. The third-order valence-corrected chi connectivity index (χ3v) is 3.95. The number of nitrogens with one attached hydrogen (secondary N) is 1. The minimum absolute atomic E-state index is 0.223. The van der Waals surface area contributed by atoms with Gasteiger partial charge in [0.05, 0.1) is 18.4 Å². The van der Waals surface area contributed by atoms with E-state index in [1.165, 1.54) is 0 Å². The predicted molar refractivity (Wildman–Crippen MR) is 101 cm³/mol. The van der Waals surface area contributed by atoms with E-state index in [1.54, 1.807) is 6.21 Å². The molecule has 1 amide bonds. The van der Waals surface area contributed by atoms with E-state index >= 15 is 0 Å². The van der Waals surface area contributed by atoms with Crippen molar-refractivity contribution >= 4 is 22.9 Å². The summed E-state index contributed by atoms with van der Waals surface area (Å²) in [6.45, 7) is 4.43. The zero-order chi connectivity index (χ0) is 17.6. The maximum atomic E-state index is 12.6. The van der Waals surface area contributed by atoms with Crippen LogP contribution in [0.1, 0.15) is 28.4 Å². The second-order valence-electron chi connectivity index (χ2n) is 5.65. The zero-order valence-corrected chi connectivity index (χ0v) is 14.3. The molecule has 3 rings (SSSR count). The largest absolute Gasteiger partial charge is 0.493 e. The van der Waals surface area contributed by atoms with Crippen LogP contribution in [0, 0.1) is 6.92 Å². The molecule has 0 saturated carbocycles. The Morgan fingerprint density at radius 2 is 1.84 bits per heavy atom. The number of amides is 1. The van der Waals surface area contributed by atoms with Gasteiger partial charge in [0.2, 0.25) is 0 Å². The minimum atomic E-state index is -0.223. The van der Waals surface area contributed by atoms with Gasteiger partial charge in [0.15, 0.2) is 0 Å². The summed E-state index contributed by atoms with van der Waals surface area (Å²) in [5, 5.41) is 6.06. The molecule has 0 saturated heterocycles. The zero-order valence-electron chi connectivity index (χ0n) is 14.3. The number of hydrogen-bond donors (Lipinski definition) is 1. The third kappa shape index (κ3) is 3.69. The van der Waals surface area contributed by atoms with Crippen molar-refractivity contribution < 1.29 is 9.53 Å². The number of aryl methyl sites for hydroxylation is 1. The molecular formula is C21H20N2O2. The van der Waals surface area contributed by atoms with Gasteiger partial charge in [-0.2, -0.15) is 5.10 Å². The molecule has 3 aromatic rings. The van der Waals surface area contributed by atoms with E-state index in [0.29, 0.717) is 12.2 Å². The molecule has 0 aromatic heterocycles. The van der Waals surface area contributed by atoms with Crippen molar-refractivity contribution in [2.75, 3.05) is 6.61 Å². The third-order valence-electron chi connectivity index (χ3n) is 3.95. The Bertz CT molecular complexity index is 932. The van der Waals surface area contributed by atoms with Gasteiger partial charge in [-0.05, 0) is 42.3 Å². The van der Waals surface area contributed by atoms with E-state index < -0.39 is 0 Å². The number of para-hydroxylation sites is 1. The first-order chi connectivity index (χ1) is 12.2. The van der Waals surface area contributed by atoms with Crippen LogP contribution in [-0.4, -0.2) is 18.7 Å². The highest BCUT2D eigenvalue weighted by molar-refractivity contribution is 6.08. The van der Waals surface area contributed by atoms with Crippen LogP contribution < -0.4 is 10.2 Å². The van der Waals surface area contributed by atoms with Crippen LogP contribution in [0.15, 0.2) is 65.8 Å². The SMILES string of the molecule is CCOc1ccccc1/C=N\NC(=O)c1c(C)ccc2ccccc12. The highest BCUT2D eigenvalue weighted by Gasteiger charge is 2.12. The minimum Gasteiger partial charge on any atom is -0.493 e. The molecule has 0 radical (unpaired) electrons. The molecular weight excluding hydrogens is 312 g/mol. The quantitative estimate of drug-likeness (QED) is 0.559. The van der Waals surface area contributed by atoms with E-state index in [-0.39, 0.29) is 5.91 Å². The summed E-state index contributed by atoms with van der Waals surface area (Å²) in [5.41, 5.74) is 5.01. The Morgan fingerprint density at radius 1 is 1.08 bits per heavy atom. The Hall–Kier alpha value is -3.14. The van der Waals surface area contributed by atoms with Crippen LogP contribution in [0.3, 0.4) is 0 Å². The molecule has 3 aromatic carbocycles. The van der Waals surface area contributed by atoms with Crippen molar-refractivity contribution in [1.82, 2.24) is 5.43 Å². The van der Waals surface area contributed by atoms with Crippen LogP contribution in [0.4, 0.5) is 0 Å². The summed E-state index contributed by atoms with van der Waals surface area (Å²) >= 11 is 0. The number of benzene rings is 3. The summed E-state index contributed by atoms with van der Waals surface area (Å²) in [6, 6.07) is 19.4. The van der Waals surface area contributed by atoms with E-state index in [9.17, 15) is 4.79 Å². The molecule has 0 unspecified atom stereocenters. The van der Waals surface area contributed by atoms with Gasteiger partial charge >= 0.3 is 0 Å². The first-order valence-corrected chi connectivity index (χ1v) is 8.24. The van der Waals surface area contributed by atoms with Gasteiger partial charge in [-0.25, -0.2) is 5.43 Å². The first kappa shape index (κ1) is 16.7. The molecule has 0 bridgehead atoms. The van der Waals surface area contributed by atoms with Crippen LogP contribution in [0.25, 0.3) is 10.8 Å². The second-order valence-corrected chi connectivity index (χ2v) is 5.65. The van der Waals surface area contributed by atoms with Gasteiger partial charge in [0.25, 0.3) is 5.91 Å². The van der Waals surface area contributed by atoms with Crippen LogP contribution >= 0.6 is 0 Å². The normalized spacial score (nSPS) is 11.0. The van der Waals surface area contributed by atoms with E-state index in [0.717, 1.165) is 27.6 Å². The Morgan fingerprint density at radius 3 is 2.68 bits per heavy atom. The number of hydrogen-bond acceptors (Lipinski definition) is 3. The Kier molecular flexibility index (Phi) is 5.09. The van der Waals surface area contributed by atoms with Crippen molar-refractivity contribution in [2.24, 2.45) is 5.10 Å². The van der Waals surface area contributed by atoms with Gasteiger partial charge in [-0.15, -0.1) is 0 Å². The highest BCUT2D eigenvalue weighted by Crippen LogP contribution is 2.22. The molecule has 0 spiro atoms. The summed E-state index contributed by atoms with van der Waals surface area (Å²) in [7, 11) is 0. The standard InChI is InChI=1S/C21H20N2O2/c1-3-25-19-11-7-5-9-17(19)14-22-23-21(24)20-15(2)12-13-16-8-4-6-10-18(16)20/h4-14H,3H2,1-2H3,(H,23,24)/b22-14-. The van der Waals surface area contributed by atoms with Crippen molar-refractivity contribution in [1.29, 1.82) is 0 Å². The van der Waals surface area contributed by atoms with Crippen molar-refractivity contribution in [2.45, 2.75) is 13.8 Å². The van der Waals surface area contributed by atoms with E-state index in [4.69, 9.17) is 4.74 Å². The topological polar surface area (TPSA) is 50.7 Å². The maximum Gasteiger partial charge on any atom is 0.272 e. The lowest BCUT2D eigenvalue weighted by atomic mass is 9.99. The molecule has 126 valence electrons. The predicted octanol–water partition coefficient (Wildman–Crippen LogP) is 4.31. The number of carbonyl (C=O) groups is 1. The fraction of sp³-hybridized carbons (Fsp3) is 0.143. The number of nitrogens with zero attached hydrogens (tertiary/aromatic N) is 1. The molecule has 1 N–H and O–H groups in total. The van der Waals surface area contributed by atoms with E-state index in [1.807, 2.05) is 74.5 Å². The number of rotatable bonds is 5. The number of hydrazone groups is 1. The lowest BCUT2D eigenvalue weighted by molar-refractivity contribution is 0.0956. The van der Waals surface area contributed by atoms with Crippen molar-refractivity contribution in [3.05, 3.63) is 77.4 Å². The van der Waals surface area contributed by atoms with Gasteiger partial charge < -0.3 is 4.74 Å². The molecule has 0 aliphatic heterocycles. The molecule has 0 heterocycles. The van der Waals surface area contributed by atoms with Crippen molar-refractivity contribution in [3.8, 4) is 5.75 Å². The molecule has 4 nitrogen and oxygen atoms in total. The average molecular weight is 332 g/mol. The monoisotopic (exact) mass is 332 g/mol. The average Bonchev–Trinajstić information content (AvgIpc) is 2.63. The molecule has 4 heteroatoms. The summed E-state index contributed by atoms with van der Waals surface area (Å²) in [6.07, 6.45) is 1.60. The Balaban J connectivity index is 1.83. The van der Waals surface area contributed by atoms with Crippen LogP contribution in [0.5, 0.6) is 5.75 Å². The summed E-state index contributed by atoms with van der Waals surface area (Å²) in [4.78, 5) is 12.6. The number of ether oxygens (including phenoxy) is 1. The van der Waals surface area contributed by atoms with Crippen LogP contribution in [-0.2, 0) is 0 Å².